The Morgan fingerprint density at radius 1 is 1.60 bits per heavy atom. The van der Waals surface area contributed by atoms with Crippen LogP contribution in [0.25, 0.3) is 0 Å². The van der Waals surface area contributed by atoms with Crippen molar-refractivity contribution in [1.82, 2.24) is 0 Å². The van der Waals surface area contributed by atoms with Crippen LogP contribution < -0.4 is 10.1 Å². The zero-order valence-electron chi connectivity index (χ0n) is 8.12. The van der Waals surface area contributed by atoms with Crippen molar-refractivity contribution in [2.45, 2.75) is 0 Å². The number of amides is 1. The van der Waals surface area contributed by atoms with E-state index in [1.54, 1.807) is 18.2 Å². The maximum Gasteiger partial charge on any atom is 0.239 e. The van der Waals surface area contributed by atoms with Gasteiger partial charge in [-0.2, -0.15) is 0 Å². The number of aldehydes is 1. The van der Waals surface area contributed by atoms with Crippen LogP contribution in [0.1, 0.15) is 10.4 Å². The van der Waals surface area contributed by atoms with Gasteiger partial charge in [0.15, 0.2) is 6.29 Å². The molecule has 0 spiro atoms. The number of rotatable bonds is 4. The molecule has 0 aromatic heterocycles. The molecule has 4 nitrogen and oxygen atoms in total. The molecule has 0 aliphatic rings. The summed E-state index contributed by atoms with van der Waals surface area (Å²) in [5.41, 5.74) is 0.702. The number of alkyl halides is 1. The van der Waals surface area contributed by atoms with Crippen LogP contribution in [0.15, 0.2) is 18.2 Å². The summed E-state index contributed by atoms with van der Waals surface area (Å²) in [5, 5.41) is 2.50. The smallest absolute Gasteiger partial charge is 0.239 e. The minimum atomic E-state index is -0.385. The highest BCUT2D eigenvalue weighted by Gasteiger charge is 2.10. The van der Waals surface area contributed by atoms with E-state index < -0.39 is 0 Å². The van der Waals surface area contributed by atoms with Crippen LogP contribution in [-0.4, -0.2) is 25.2 Å². The lowest BCUT2D eigenvalue weighted by atomic mass is 10.2. The van der Waals surface area contributed by atoms with E-state index in [1.165, 1.54) is 7.11 Å². The van der Waals surface area contributed by atoms with Gasteiger partial charge < -0.3 is 10.1 Å². The van der Waals surface area contributed by atoms with Gasteiger partial charge in [0.05, 0.1) is 12.8 Å². The van der Waals surface area contributed by atoms with Crippen molar-refractivity contribution in [3.8, 4) is 5.75 Å². The Balaban J connectivity index is 3.10. The van der Waals surface area contributed by atoms with Gasteiger partial charge in [0.25, 0.3) is 0 Å². The average Bonchev–Trinajstić information content (AvgIpc) is 2.29. The summed E-state index contributed by atoms with van der Waals surface area (Å²) in [5.74, 6) is -0.126. The molecule has 0 atom stereocenters. The average molecular weight is 228 g/mol. The molecular weight excluding hydrogens is 218 g/mol. The Kier molecular flexibility index (Phi) is 4.12. The number of nitrogens with one attached hydrogen (secondary N) is 1. The molecule has 0 heterocycles. The maximum absolute atomic E-state index is 11.1. The summed E-state index contributed by atoms with van der Waals surface area (Å²) >= 11 is 5.35. The fourth-order valence-electron chi connectivity index (χ4n) is 1.12. The maximum atomic E-state index is 11.1. The van der Waals surface area contributed by atoms with Crippen molar-refractivity contribution in [2.75, 3.05) is 18.3 Å². The molecule has 0 saturated carbocycles. The van der Waals surface area contributed by atoms with E-state index in [0.717, 1.165) is 0 Å². The number of carbonyl (C=O) groups excluding carboxylic acids is 2. The number of anilines is 1. The van der Waals surface area contributed by atoms with Crippen molar-refractivity contribution in [3.05, 3.63) is 23.8 Å². The summed E-state index contributed by atoms with van der Waals surface area (Å²) in [4.78, 5) is 21.8. The lowest BCUT2D eigenvalue weighted by Gasteiger charge is -2.10. The molecule has 1 aromatic rings. The molecule has 80 valence electrons. The van der Waals surface area contributed by atoms with Crippen LogP contribution in [0.2, 0.25) is 0 Å². The first-order valence-electron chi connectivity index (χ1n) is 4.21. The molecule has 0 aliphatic heterocycles. The van der Waals surface area contributed by atoms with E-state index in [2.05, 4.69) is 5.32 Å². The standard InChI is InChI=1S/C10H10ClNO3/c1-15-8-4-2-3-7(6-13)10(8)12-9(14)5-11/h2-4,6H,5H2,1H3,(H,12,14). The third-order valence-corrected chi connectivity index (χ3v) is 2.03. The molecule has 0 fully saturated rings. The molecule has 0 saturated heterocycles. The third-order valence-electron chi connectivity index (χ3n) is 1.79. The second-order valence-electron chi connectivity index (χ2n) is 2.72. The van der Waals surface area contributed by atoms with Crippen molar-refractivity contribution in [1.29, 1.82) is 0 Å². The van der Waals surface area contributed by atoms with Crippen molar-refractivity contribution >= 4 is 29.5 Å². The number of ether oxygens (including phenoxy) is 1. The lowest BCUT2D eigenvalue weighted by molar-refractivity contribution is -0.113. The van der Waals surface area contributed by atoms with E-state index in [0.29, 0.717) is 23.3 Å². The molecule has 0 aliphatic carbocycles. The molecule has 0 bridgehead atoms. The van der Waals surface area contributed by atoms with Gasteiger partial charge in [0, 0.05) is 5.56 Å². The molecule has 0 radical (unpaired) electrons. The Morgan fingerprint density at radius 2 is 2.33 bits per heavy atom. The van der Waals surface area contributed by atoms with Crippen LogP contribution in [-0.2, 0) is 4.79 Å². The number of halogens is 1. The summed E-state index contributed by atoms with van der Waals surface area (Å²) in [6.07, 6.45) is 0.645. The number of benzene rings is 1. The van der Waals surface area contributed by atoms with Crippen molar-refractivity contribution in [2.24, 2.45) is 0 Å². The predicted octanol–water partition coefficient (Wildman–Crippen LogP) is 1.68. The Bertz CT molecular complexity index is 379. The molecule has 5 heteroatoms. The van der Waals surface area contributed by atoms with Crippen molar-refractivity contribution < 1.29 is 14.3 Å². The Hall–Kier alpha value is -1.55. The van der Waals surface area contributed by atoms with Gasteiger partial charge in [-0.15, -0.1) is 11.6 Å². The van der Waals surface area contributed by atoms with Gasteiger partial charge in [0.2, 0.25) is 5.91 Å². The number of methoxy groups -OCH3 is 1. The quantitative estimate of drug-likeness (QED) is 0.629. The number of carbonyl (C=O) groups is 2. The SMILES string of the molecule is COc1cccc(C=O)c1NC(=O)CCl. The highest BCUT2D eigenvalue weighted by atomic mass is 35.5. The zero-order chi connectivity index (χ0) is 11.3. The van der Waals surface area contributed by atoms with Gasteiger partial charge in [-0.25, -0.2) is 0 Å². The highest BCUT2D eigenvalue weighted by Crippen LogP contribution is 2.27. The summed E-state index contributed by atoms with van der Waals surface area (Å²) in [7, 11) is 1.46. The topological polar surface area (TPSA) is 55.4 Å². The normalized spacial score (nSPS) is 9.47. The molecule has 1 amide bonds. The zero-order valence-corrected chi connectivity index (χ0v) is 8.88. The van der Waals surface area contributed by atoms with E-state index in [4.69, 9.17) is 16.3 Å². The summed E-state index contributed by atoms with van der Waals surface area (Å²) < 4.78 is 5.02. The molecular formula is C10H10ClNO3. The largest absolute Gasteiger partial charge is 0.495 e. The Morgan fingerprint density at radius 3 is 2.87 bits per heavy atom. The second kappa shape index (κ2) is 5.36. The lowest BCUT2D eigenvalue weighted by Crippen LogP contribution is -2.14. The molecule has 15 heavy (non-hydrogen) atoms. The van der Waals surface area contributed by atoms with Gasteiger partial charge in [-0.3, -0.25) is 9.59 Å². The minimum absolute atomic E-state index is 0.170. The predicted molar refractivity (Wildman–Crippen MR) is 57.7 cm³/mol. The van der Waals surface area contributed by atoms with Crippen LogP contribution in [0, 0.1) is 0 Å². The fourth-order valence-corrected chi connectivity index (χ4v) is 1.19. The second-order valence-corrected chi connectivity index (χ2v) is 2.99. The van der Waals surface area contributed by atoms with Gasteiger partial charge in [-0.1, -0.05) is 6.07 Å². The first-order chi connectivity index (χ1) is 7.22. The molecule has 1 N–H and O–H groups in total. The van der Waals surface area contributed by atoms with E-state index in [1.807, 2.05) is 0 Å². The minimum Gasteiger partial charge on any atom is -0.495 e. The first kappa shape index (κ1) is 11.5. The van der Waals surface area contributed by atoms with E-state index >= 15 is 0 Å². The fraction of sp³-hybridized carbons (Fsp3) is 0.200. The Labute approximate surface area is 92.2 Å². The number of hydrogen-bond acceptors (Lipinski definition) is 3. The monoisotopic (exact) mass is 227 g/mol. The molecule has 1 aromatic carbocycles. The van der Waals surface area contributed by atoms with Crippen molar-refractivity contribution in [3.63, 3.8) is 0 Å². The first-order valence-corrected chi connectivity index (χ1v) is 4.74. The van der Waals surface area contributed by atoms with Crippen LogP contribution >= 0.6 is 11.6 Å². The van der Waals surface area contributed by atoms with Gasteiger partial charge in [-0.05, 0) is 12.1 Å². The highest BCUT2D eigenvalue weighted by molar-refractivity contribution is 6.29. The molecule has 0 unspecified atom stereocenters. The van der Waals surface area contributed by atoms with Gasteiger partial charge >= 0.3 is 0 Å². The van der Waals surface area contributed by atoms with E-state index in [9.17, 15) is 9.59 Å². The van der Waals surface area contributed by atoms with Crippen LogP contribution in [0.3, 0.4) is 0 Å². The molecule has 1 rings (SSSR count). The number of hydrogen-bond donors (Lipinski definition) is 1. The van der Waals surface area contributed by atoms with E-state index in [-0.39, 0.29) is 11.8 Å². The third kappa shape index (κ3) is 2.70. The van der Waals surface area contributed by atoms with Crippen LogP contribution in [0.5, 0.6) is 5.75 Å². The summed E-state index contributed by atoms with van der Waals surface area (Å²) in [6.45, 7) is 0. The van der Waals surface area contributed by atoms with Gasteiger partial charge in [0.1, 0.15) is 11.6 Å². The number of para-hydroxylation sites is 1. The van der Waals surface area contributed by atoms with Crippen LogP contribution in [0.4, 0.5) is 5.69 Å². The summed E-state index contributed by atoms with van der Waals surface area (Å²) in [6, 6.07) is 4.90.